The van der Waals surface area contributed by atoms with Crippen molar-refractivity contribution in [1.29, 1.82) is 0 Å². The highest BCUT2D eigenvalue weighted by atomic mass is 16.5. The average Bonchev–Trinajstić information content (AvgIpc) is 3.38. The fourth-order valence-electron chi connectivity index (χ4n) is 2.36. The first kappa shape index (κ1) is 19.6. The van der Waals surface area contributed by atoms with Gasteiger partial charge in [0.15, 0.2) is 11.9 Å². The highest BCUT2D eigenvalue weighted by Gasteiger charge is 2.26. The molecule has 0 heterocycles. The van der Waals surface area contributed by atoms with Crippen molar-refractivity contribution in [3.63, 3.8) is 0 Å². The molecule has 0 spiro atoms. The minimum Gasteiger partial charge on any atom is -0.453 e. The second-order valence-corrected chi connectivity index (χ2v) is 6.61. The molecule has 1 aromatic carbocycles. The van der Waals surface area contributed by atoms with Crippen LogP contribution in [0.4, 0.5) is 4.79 Å². The van der Waals surface area contributed by atoms with Gasteiger partial charge in [0.25, 0.3) is 5.91 Å². The molecule has 7 heteroatoms. The lowest BCUT2D eigenvalue weighted by Gasteiger charge is -2.13. The van der Waals surface area contributed by atoms with Gasteiger partial charge in [-0.15, -0.1) is 0 Å². The number of amides is 3. The fourth-order valence-corrected chi connectivity index (χ4v) is 2.36. The van der Waals surface area contributed by atoms with Crippen molar-refractivity contribution in [3.05, 3.63) is 34.9 Å². The van der Waals surface area contributed by atoms with Gasteiger partial charge in [0, 0.05) is 18.0 Å². The zero-order valence-corrected chi connectivity index (χ0v) is 15.3. The Morgan fingerprint density at radius 1 is 1.15 bits per heavy atom. The predicted octanol–water partition coefficient (Wildman–Crippen LogP) is 2.19. The van der Waals surface area contributed by atoms with Crippen molar-refractivity contribution in [3.8, 4) is 0 Å². The summed E-state index contributed by atoms with van der Waals surface area (Å²) in [4.78, 5) is 47.4. The van der Waals surface area contributed by atoms with Crippen LogP contribution in [0.1, 0.15) is 54.1 Å². The fraction of sp³-hybridized carbons (Fsp3) is 0.474. The molecule has 1 unspecified atom stereocenters. The van der Waals surface area contributed by atoms with Gasteiger partial charge in [-0.25, -0.2) is 4.79 Å². The zero-order valence-electron chi connectivity index (χ0n) is 15.3. The Morgan fingerprint density at radius 3 is 2.50 bits per heavy atom. The van der Waals surface area contributed by atoms with Gasteiger partial charge in [0.1, 0.15) is 0 Å². The molecule has 0 radical (unpaired) electrons. The van der Waals surface area contributed by atoms with E-state index in [-0.39, 0.29) is 24.7 Å². The number of esters is 1. The Kier molecular flexibility index (Phi) is 6.49. The molecule has 1 fully saturated rings. The standard InChI is InChI=1S/C19H24N2O5/c1-11-4-5-12(2)15(10-11)16(22)8-9-17(23)26-13(3)18(24)21-19(25)20-14-6-7-14/h4-5,10,13-14H,6-9H2,1-3H3,(H2,20,21,24,25). The van der Waals surface area contributed by atoms with E-state index in [1.807, 2.05) is 26.0 Å². The number of ketones is 1. The second-order valence-electron chi connectivity index (χ2n) is 6.61. The van der Waals surface area contributed by atoms with Crippen molar-refractivity contribution >= 4 is 23.7 Å². The summed E-state index contributed by atoms with van der Waals surface area (Å²) < 4.78 is 4.99. The quantitative estimate of drug-likeness (QED) is 0.573. The van der Waals surface area contributed by atoms with Crippen molar-refractivity contribution in [1.82, 2.24) is 10.6 Å². The van der Waals surface area contributed by atoms with Crippen LogP contribution in [0.25, 0.3) is 0 Å². The van der Waals surface area contributed by atoms with Gasteiger partial charge < -0.3 is 10.1 Å². The number of hydrogen-bond acceptors (Lipinski definition) is 5. The summed E-state index contributed by atoms with van der Waals surface area (Å²) >= 11 is 0. The molecule has 140 valence electrons. The Morgan fingerprint density at radius 2 is 1.85 bits per heavy atom. The van der Waals surface area contributed by atoms with Gasteiger partial charge in [0.05, 0.1) is 6.42 Å². The molecule has 26 heavy (non-hydrogen) atoms. The van der Waals surface area contributed by atoms with E-state index in [0.717, 1.165) is 24.0 Å². The lowest BCUT2D eigenvalue weighted by Crippen LogP contribution is -2.45. The lowest BCUT2D eigenvalue weighted by molar-refractivity contribution is -0.154. The molecule has 1 saturated carbocycles. The van der Waals surface area contributed by atoms with Crippen LogP contribution in [0, 0.1) is 13.8 Å². The zero-order chi connectivity index (χ0) is 19.3. The molecule has 3 amide bonds. The summed E-state index contributed by atoms with van der Waals surface area (Å²) in [5.41, 5.74) is 2.40. The maximum atomic E-state index is 12.3. The predicted molar refractivity (Wildman–Crippen MR) is 94.7 cm³/mol. The van der Waals surface area contributed by atoms with Crippen LogP contribution in [0.15, 0.2) is 18.2 Å². The Bertz CT molecular complexity index is 725. The van der Waals surface area contributed by atoms with Gasteiger partial charge in [-0.05, 0) is 45.2 Å². The first-order valence-electron chi connectivity index (χ1n) is 8.67. The smallest absolute Gasteiger partial charge is 0.321 e. The van der Waals surface area contributed by atoms with Gasteiger partial charge >= 0.3 is 12.0 Å². The van der Waals surface area contributed by atoms with Crippen molar-refractivity contribution in [2.75, 3.05) is 0 Å². The molecule has 2 rings (SSSR count). The largest absolute Gasteiger partial charge is 0.453 e. The number of nitrogens with one attached hydrogen (secondary N) is 2. The van der Waals surface area contributed by atoms with Crippen LogP contribution < -0.4 is 10.6 Å². The van der Waals surface area contributed by atoms with E-state index in [4.69, 9.17) is 4.74 Å². The van der Waals surface area contributed by atoms with E-state index >= 15 is 0 Å². The minimum atomic E-state index is -1.11. The van der Waals surface area contributed by atoms with Crippen LogP contribution in [-0.2, 0) is 14.3 Å². The number of imide groups is 1. The molecule has 0 bridgehead atoms. The number of aryl methyl sites for hydroxylation is 2. The molecule has 7 nitrogen and oxygen atoms in total. The lowest BCUT2D eigenvalue weighted by atomic mass is 9.99. The van der Waals surface area contributed by atoms with E-state index in [1.165, 1.54) is 6.92 Å². The summed E-state index contributed by atoms with van der Waals surface area (Å²) in [5.74, 6) is -1.50. The highest BCUT2D eigenvalue weighted by Crippen LogP contribution is 2.18. The van der Waals surface area contributed by atoms with Crippen LogP contribution in [-0.4, -0.2) is 35.8 Å². The molecule has 0 aromatic heterocycles. The van der Waals surface area contributed by atoms with Crippen LogP contribution >= 0.6 is 0 Å². The van der Waals surface area contributed by atoms with Gasteiger partial charge in [-0.3, -0.25) is 19.7 Å². The van der Waals surface area contributed by atoms with Gasteiger partial charge in [0.2, 0.25) is 0 Å². The topological polar surface area (TPSA) is 102 Å². The number of carbonyl (C=O) groups excluding carboxylic acids is 4. The van der Waals surface area contributed by atoms with E-state index < -0.39 is 24.0 Å². The second kappa shape index (κ2) is 8.60. The van der Waals surface area contributed by atoms with Crippen molar-refractivity contribution in [2.45, 2.75) is 58.6 Å². The molecule has 2 N–H and O–H groups in total. The molecule has 1 atom stereocenters. The number of benzene rings is 1. The normalized spacial score (nSPS) is 14.3. The monoisotopic (exact) mass is 360 g/mol. The number of ether oxygens (including phenoxy) is 1. The van der Waals surface area contributed by atoms with Crippen LogP contribution in [0.2, 0.25) is 0 Å². The third-order valence-electron chi connectivity index (χ3n) is 4.08. The van der Waals surface area contributed by atoms with Crippen LogP contribution in [0.5, 0.6) is 0 Å². The van der Waals surface area contributed by atoms with E-state index in [9.17, 15) is 19.2 Å². The molecule has 1 aliphatic rings. The Balaban J connectivity index is 1.76. The summed E-state index contributed by atoms with van der Waals surface area (Å²) in [7, 11) is 0. The molecule has 1 aliphatic carbocycles. The molecule has 0 saturated heterocycles. The third kappa shape index (κ3) is 5.98. The minimum absolute atomic E-state index is 0.000365. The Hall–Kier alpha value is -2.70. The van der Waals surface area contributed by atoms with Crippen LogP contribution in [0.3, 0.4) is 0 Å². The summed E-state index contributed by atoms with van der Waals surface area (Å²) in [6.45, 7) is 5.11. The SMILES string of the molecule is Cc1ccc(C)c(C(=O)CCC(=O)OC(C)C(=O)NC(=O)NC2CC2)c1. The van der Waals surface area contributed by atoms with Gasteiger partial charge in [-0.1, -0.05) is 17.7 Å². The number of carbonyl (C=O) groups is 4. The molecular formula is C19H24N2O5. The first-order chi connectivity index (χ1) is 12.3. The summed E-state index contributed by atoms with van der Waals surface area (Å²) in [6, 6.07) is 5.10. The Labute approximate surface area is 152 Å². The molecular weight excluding hydrogens is 336 g/mol. The van der Waals surface area contributed by atoms with E-state index in [2.05, 4.69) is 10.6 Å². The molecule has 0 aliphatic heterocycles. The van der Waals surface area contributed by atoms with Crippen molar-refractivity contribution < 1.29 is 23.9 Å². The number of rotatable bonds is 7. The highest BCUT2D eigenvalue weighted by molar-refractivity contribution is 5.99. The summed E-state index contributed by atoms with van der Waals surface area (Å²) in [5, 5.41) is 4.73. The number of Topliss-reactive ketones (excluding diaryl/α,β-unsaturated/α-hetero) is 1. The maximum Gasteiger partial charge on any atom is 0.321 e. The maximum absolute atomic E-state index is 12.3. The summed E-state index contributed by atoms with van der Waals surface area (Å²) in [6.07, 6.45) is 0.571. The number of urea groups is 1. The molecule has 1 aromatic rings. The first-order valence-corrected chi connectivity index (χ1v) is 8.67. The van der Waals surface area contributed by atoms with Crippen molar-refractivity contribution in [2.24, 2.45) is 0 Å². The average molecular weight is 360 g/mol. The van der Waals surface area contributed by atoms with E-state index in [0.29, 0.717) is 5.56 Å². The van der Waals surface area contributed by atoms with E-state index in [1.54, 1.807) is 6.07 Å². The third-order valence-corrected chi connectivity index (χ3v) is 4.08. The van der Waals surface area contributed by atoms with Gasteiger partial charge in [-0.2, -0.15) is 0 Å². The number of hydrogen-bond donors (Lipinski definition) is 2.